The summed E-state index contributed by atoms with van der Waals surface area (Å²) in [6.07, 6.45) is 14.7. The Morgan fingerprint density at radius 2 is 2.00 bits per heavy atom. The second-order valence-corrected chi connectivity index (χ2v) is 9.21. The van der Waals surface area contributed by atoms with E-state index >= 15 is 0 Å². The molecule has 2 fully saturated rings. The topological polar surface area (TPSA) is 43.7 Å². The van der Waals surface area contributed by atoms with Crippen molar-refractivity contribution in [2.24, 2.45) is 23.7 Å². The van der Waals surface area contributed by atoms with Crippen LogP contribution in [0.2, 0.25) is 0 Å². The van der Waals surface area contributed by atoms with Crippen LogP contribution in [0.1, 0.15) is 65.2 Å². The zero-order chi connectivity index (χ0) is 20.5. The summed E-state index contributed by atoms with van der Waals surface area (Å²) in [5.41, 5.74) is 1.60. The van der Waals surface area contributed by atoms with Crippen molar-refractivity contribution >= 4 is 0 Å². The number of hydrogen-bond acceptors (Lipinski definition) is 3. The average molecular weight is 388 g/mol. The molecule has 2 saturated carbocycles. The van der Waals surface area contributed by atoms with Crippen molar-refractivity contribution in [2.45, 2.75) is 77.4 Å². The summed E-state index contributed by atoms with van der Waals surface area (Å²) in [5, 5.41) is 20.9. The fraction of sp³-hybridized carbons (Fsp3) is 0.760. The van der Waals surface area contributed by atoms with Crippen LogP contribution < -0.4 is 0 Å². The Hall–Kier alpha value is -1.08. The zero-order valence-corrected chi connectivity index (χ0v) is 18.4. The van der Waals surface area contributed by atoms with Crippen molar-refractivity contribution in [1.29, 1.82) is 0 Å². The van der Waals surface area contributed by atoms with Crippen LogP contribution in [-0.2, 0) is 0 Å². The molecular formula is C25H41NO2. The van der Waals surface area contributed by atoms with Crippen LogP contribution >= 0.6 is 0 Å². The van der Waals surface area contributed by atoms with Gasteiger partial charge in [-0.05, 0) is 83.8 Å². The predicted molar refractivity (Wildman–Crippen MR) is 118 cm³/mol. The molecule has 3 nitrogen and oxygen atoms in total. The number of hydrogen-bond donors (Lipinski definition) is 2. The van der Waals surface area contributed by atoms with Gasteiger partial charge in [0.05, 0.1) is 12.2 Å². The van der Waals surface area contributed by atoms with E-state index in [1.807, 2.05) is 19.9 Å². The molecule has 0 radical (unpaired) electrons. The molecule has 158 valence electrons. The van der Waals surface area contributed by atoms with E-state index in [1.165, 1.54) is 32.2 Å². The number of fused-ring (bicyclic) bond motifs is 1. The summed E-state index contributed by atoms with van der Waals surface area (Å²) in [6, 6.07) is 0. The molecule has 0 unspecified atom stereocenters. The maximum Gasteiger partial charge on any atom is 0.0755 e. The Labute approximate surface area is 172 Å². The molecule has 0 heterocycles. The summed E-state index contributed by atoms with van der Waals surface area (Å²) < 4.78 is 0. The standard InChI is InChI=1S/C25H41NO2/c1-5-6-11-19(2)24(27)14-13-22-23-17-20(16-21(23)18-25(22)28)12-9-7-8-10-15-26(3)4/h12-14,19,21-25,27-28H,7-11,15-18H2,1-4H3/t19-,21+,22-,23+,24-,25-/m1/s1. The highest BCUT2D eigenvalue weighted by atomic mass is 16.3. The van der Waals surface area contributed by atoms with E-state index in [-0.39, 0.29) is 17.9 Å². The maximum atomic E-state index is 10.5. The summed E-state index contributed by atoms with van der Waals surface area (Å²) in [7, 11) is 4.27. The average Bonchev–Trinajstić information content (AvgIpc) is 3.16. The zero-order valence-electron chi connectivity index (χ0n) is 18.4. The number of aliphatic hydroxyl groups is 2. The molecule has 2 aliphatic rings. The molecule has 6 atom stereocenters. The van der Waals surface area contributed by atoms with Crippen molar-refractivity contribution in [2.75, 3.05) is 20.6 Å². The largest absolute Gasteiger partial charge is 0.392 e. The van der Waals surface area contributed by atoms with Gasteiger partial charge in [0.15, 0.2) is 0 Å². The summed E-state index contributed by atoms with van der Waals surface area (Å²) in [4.78, 5) is 2.25. The highest BCUT2D eigenvalue weighted by molar-refractivity contribution is 5.18. The fourth-order valence-corrected chi connectivity index (χ4v) is 4.81. The van der Waals surface area contributed by atoms with Gasteiger partial charge in [-0.1, -0.05) is 37.1 Å². The van der Waals surface area contributed by atoms with Crippen LogP contribution in [0, 0.1) is 35.5 Å². The summed E-state index contributed by atoms with van der Waals surface area (Å²) in [6.45, 7) is 5.04. The fourth-order valence-electron chi connectivity index (χ4n) is 4.81. The van der Waals surface area contributed by atoms with Gasteiger partial charge in [-0.25, -0.2) is 0 Å². The first-order valence-electron chi connectivity index (χ1n) is 11.2. The van der Waals surface area contributed by atoms with Crippen molar-refractivity contribution in [3.8, 4) is 11.8 Å². The lowest BCUT2D eigenvalue weighted by atomic mass is 9.89. The van der Waals surface area contributed by atoms with Crippen molar-refractivity contribution in [3.05, 3.63) is 23.8 Å². The number of unbranched alkanes of at least 4 members (excludes halogenated alkanes) is 3. The SMILES string of the molecule is CC#CC[C@@H](C)[C@H](O)C=C[C@@H]1[C@H]2CC(=CCCCCCN(C)C)C[C@H]2C[C@H]1O. The minimum absolute atomic E-state index is 0.129. The van der Waals surface area contributed by atoms with Gasteiger partial charge >= 0.3 is 0 Å². The lowest BCUT2D eigenvalue weighted by molar-refractivity contribution is 0.137. The third-order valence-corrected chi connectivity index (χ3v) is 6.57. The van der Waals surface area contributed by atoms with Gasteiger partial charge in [-0.2, -0.15) is 0 Å². The number of rotatable bonds is 10. The molecule has 3 heteroatoms. The Morgan fingerprint density at radius 1 is 1.21 bits per heavy atom. The first-order valence-corrected chi connectivity index (χ1v) is 11.2. The molecule has 0 bridgehead atoms. The van der Waals surface area contributed by atoms with E-state index in [4.69, 9.17) is 0 Å². The smallest absolute Gasteiger partial charge is 0.0755 e. The van der Waals surface area contributed by atoms with Gasteiger partial charge in [0.2, 0.25) is 0 Å². The number of allylic oxidation sites excluding steroid dienone is 2. The maximum absolute atomic E-state index is 10.5. The van der Waals surface area contributed by atoms with Gasteiger partial charge in [0.25, 0.3) is 0 Å². The predicted octanol–water partition coefficient (Wildman–Crippen LogP) is 4.41. The Balaban J connectivity index is 1.81. The van der Waals surface area contributed by atoms with Gasteiger partial charge in [-0.3, -0.25) is 0 Å². The third-order valence-electron chi connectivity index (χ3n) is 6.57. The van der Waals surface area contributed by atoms with Crippen LogP contribution in [0.15, 0.2) is 23.8 Å². The summed E-state index contributed by atoms with van der Waals surface area (Å²) in [5.74, 6) is 7.42. The molecular weight excluding hydrogens is 346 g/mol. The molecule has 0 spiro atoms. The van der Waals surface area contributed by atoms with Crippen molar-refractivity contribution < 1.29 is 10.2 Å². The lowest BCUT2D eigenvalue weighted by Crippen LogP contribution is -2.19. The second-order valence-electron chi connectivity index (χ2n) is 9.21. The molecule has 0 aromatic carbocycles. The molecule has 2 N–H and O–H groups in total. The number of aliphatic hydroxyl groups excluding tert-OH is 2. The van der Waals surface area contributed by atoms with Gasteiger partial charge in [-0.15, -0.1) is 11.8 Å². The Morgan fingerprint density at radius 3 is 2.71 bits per heavy atom. The minimum Gasteiger partial charge on any atom is -0.392 e. The van der Waals surface area contributed by atoms with Crippen molar-refractivity contribution in [1.82, 2.24) is 4.90 Å². The lowest BCUT2D eigenvalue weighted by Gasteiger charge is -2.19. The van der Waals surface area contributed by atoms with Gasteiger partial charge in [0.1, 0.15) is 0 Å². The van der Waals surface area contributed by atoms with E-state index in [9.17, 15) is 10.2 Å². The molecule has 28 heavy (non-hydrogen) atoms. The highest BCUT2D eigenvalue weighted by Crippen LogP contribution is 2.50. The summed E-state index contributed by atoms with van der Waals surface area (Å²) >= 11 is 0. The van der Waals surface area contributed by atoms with E-state index in [0.717, 1.165) is 19.3 Å². The molecule has 0 aromatic heterocycles. The molecule has 0 aliphatic heterocycles. The monoisotopic (exact) mass is 387 g/mol. The van der Waals surface area contributed by atoms with E-state index < -0.39 is 6.10 Å². The Kier molecular flexibility index (Phi) is 9.79. The minimum atomic E-state index is -0.481. The molecule has 0 saturated heterocycles. The molecule has 2 aliphatic carbocycles. The normalized spacial score (nSPS) is 30.6. The van der Waals surface area contributed by atoms with E-state index in [0.29, 0.717) is 18.3 Å². The van der Waals surface area contributed by atoms with Crippen LogP contribution in [0.5, 0.6) is 0 Å². The molecule has 2 rings (SSSR count). The second kappa shape index (κ2) is 11.8. The first-order chi connectivity index (χ1) is 13.4. The van der Waals surface area contributed by atoms with Crippen molar-refractivity contribution in [3.63, 3.8) is 0 Å². The van der Waals surface area contributed by atoms with E-state index in [1.54, 1.807) is 5.57 Å². The van der Waals surface area contributed by atoms with Crippen LogP contribution in [0.3, 0.4) is 0 Å². The van der Waals surface area contributed by atoms with E-state index in [2.05, 4.69) is 43.0 Å². The van der Waals surface area contributed by atoms with Crippen LogP contribution in [0.25, 0.3) is 0 Å². The first kappa shape index (κ1) is 23.2. The van der Waals surface area contributed by atoms with Crippen LogP contribution in [0.4, 0.5) is 0 Å². The Bertz CT molecular complexity index is 583. The van der Waals surface area contributed by atoms with Crippen LogP contribution in [-0.4, -0.2) is 48.0 Å². The molecule has 0 aromatic rings. The van der Waals surface area contributed by atoms with Gasteiger partial charge in [0, 0.05) is 12.3 Å². The number of nitrogens with zero attached hydrogens (tertiary/aromatic N) is 1. The molecule has 0 amide bonds. The third kappa shape index (κ3) is 7.07. The quantitative estimate of drug-likeness (QED) is 0.331. The van der Waals surface area contributed by atoms with Gasteiger partial charge < -0.3 is 15.1 Å². The highest BCUT2D eigenvalue weighted by Gasteiger charge is 2.44.